The van der Waals surface area contributed by atoms with Gasteiger partial charge in [-0.1, -0.05) is 32.0 Å². The van der Waals surface area contributed by atoms with Gasteiger partial charge in [0.15, 0.2) is 5.96 Å². The minimum absolute atomic E-state index is 0.346. The summed E-state index contributed by atoms with van der Waals surface area (Å²) in [4.78, 5) is 4.66. The summed E-state index contributed by atoms with van der Waals surface area (Å²) < 4.78 is 26.9. The second-order valence-corrected chi connectivity index (χ2v) is 9.23. The number of hydrogen-bond acceptors (Lipinski definition) is 3. The highest BCUT2D eigenvalue weighted by molar-refractivity contribution is 7.89. The second kappa shape index (κ2) is 9.37. The Bertz CT molecular complexity index is 681. The van der Waals surface area contributed by atoms with Crippen molar-refractivity contribution in [3.05, 3.63) is 30.3 Å². The molecule has 1 saturated heterocycles. The third-order valence-corrected chi connectivity index (χ3v) is 7.01. The van der Waals surface area contributed by atoms with Gasteiger partial charge >= 0.3 is 0 Å². The Morgan fingerprint density at radius 3 is 2.35 bits per heavy atom. The molecule has 2 rings (SSSR count). The maximum Gasteiger partial charge on any atom is 0.243 e. The van der Waals surface area contributed by atoms with Crippen molar-refractivity contribution in [3.63, 3.8) is 0 Å². The normalized spacial score (nSPS) is 18.7. The van der Waals surface area contributed by atoms with Crippen molar-refractivity contribution in [1.29, 1.82) is 0 Å². The lowest BCUT2D eigenvalue weighted by molar-refractivity contribution is 0.273. The highest BCUT2D eigenvalue weighted by atomic mass is 32.2. The fourth-order valence-corrected chi connectivity index (χ4v) is 4.40. The Labute approximate surface area is 158 Å². The summed E-state index contributed by atoms with van der Waals surface area (Å²) in [6.45, 7) is 8.44. The molecular formula is C19H32N4O2S. The Morgan fingerprint density at radius 1 is 1.19 bits per heavy atom. The van der Waals surface area contributed by atoms with Crippen LogP contribution in [0.2, 0.25) is 0 Å². The first-order valence-corrected chi connectivity index (χ1v) is 10.8. The van der Waals surface area contributed by atoms with E-state index >= 15 is 0 Å². The molecule has 0 saturated carbocycles. The van der Waals surface area contributed by atoms with Gasteiger partial charge in [0.1, 0.15) is 0 Å². The van der Waals surface area contributed by atoms with Crippen LogP contribution >= 0.6 is 0 Å². The van der Waals surface area contributed by atoms with Crippen molar-refractivity contribution >= 4 is 16.0 Å². The molecule has 0 spiro atoms. The molecule has 0 bridgehead atoms. The molecule has 7 heteroatoms. The van der Waals surface area contributed by atoms with Gasteiger partial charge in [0.2, 0.25) is 10.0 Å². The fourth-order valence-electron chi connectivity index (χ4n) is 2.91. The van der Waals surface area contributed by atoms with E-state index in [0.29, 0.717) is 35.9 Å². The van der Waals surface area contributed by atoms with E-state index < -0.39 is 10.0 Å². The Morgan fingerprint density at radius 2 is 1.81 bits per heavy atom. The van der Waals surface area contributed by atoms with Crippen LogP contribution in [0.4, 0.5) is 0 Å². The number of rotatable bonds is 6. The first kappa shape index (κ1) is 20.7. The number of nitrogens with one attached hydrogen (secondary N) is 2. The van der Waals surface area contributed by atoms with Crippen molar-refractivity contribution in [2.75, 3.05) is 26.7 Å². The molecule has 0 aromatic heterocycles. The molecule has 1 aliphatic rings. The summed E-state index contributed by atoms with van der Waals surface area (Å²) in [6.07, 6.45) is 1.71. The molecule has 1 aliphatic heterocycles. The minimum atomic E-state index is -3.37. The van der Waals surface area contributed by atoms with Crippen LogP contribution < -0.4 is 10.6 Å². The zero-order valence-electron chi connectivity index (χ0n) is 16.3. The Balaban J connectivity index is 1.83. The first-order valence-electron chi connectivity index (χ1n) is 9.37. The minimum Gasteiger partial charge on any atom is -0.356 e. The topological polar surface area (TPSA) is 73.8 Å². The summed E-state index contributed by atoms with van der Waals surface area (Å²) in [7, 11) is -1.59. The van der Waals surface area contributed by atoms with E-state index in [-0.39, 0.29) is 0 Å². The lowest BCUT2D eigenvalue weighted by atomic mass is 9.98. The first-order chi connectivity index (χ1) is 12.3. The molecule has 1 unspecified atom stereocenters. The number of sulfonamides is 1. The van der Waals surface area contributed by atoms with Gasteiger partial charge in [-0.3, -0.25) is 4.99 Å². The van der Waals surface area contributed by atoms with Crippen LogP contribution in [0.15, 0.2) is 40.2 Å². The van der Waals surface area contributed by atoms with E-state index in [1.807, 2.05) is 6.07 Å². The summed E-state index contributed by atoms with van der Waals surface area (Å²) in [5.41, 5.74) is 0. The number of hydrogen-bond donors (Lipinski definition) is 2. The van der Waals surface area contributed by atoms with Crippen molar-refractivity contribution in [1.82, 2.24) is 14.9 Å². The molecular weight excluding hydrogens is 348 g/mol. The highest BCUT2D eigenvalue weighted by Gasteiger charge is 2.29. The lowest BCUT2D eigenvalue weighted by Crippen LogP contribution is -2.47. The van der Waals surface area contributed by atoms with Crippen LogP contribution in [0.1, 0.15) is 33.6 Å². The molecule has 1 aromatic carbocycles. The molecule has 1 atom stereocenters. The van der Waals surface area contributed by atoms with Crippen LogP contribution in [-0.2, 0) is 10.0 Å². The van der Waals surface area contributed by atoms with E-state index in [0.717, 1.165) is 25.3 Å². The molecule has 0 aliphatic carbocycles. The number of benzene rings is 1. The standard InChI is InChI=1S/C19H32N4O2S/c1-15(2)16(3)22-19(20-4)21-14-17-10-12-23(13-11-17)26(24,25)18-8-6-5-7-9-18/h5-9,15-17H,10-14H2,1-4H3,(H2,20,21,22). The maximum atomic E-state index is 12.7. The van der Waals surface area contributed by atoms with E-state index in [2.05, 4.69) is 36.4 Å². The van der Waals surface area contributed by atoms with E-state index in [1.165, 1.54) is 0 Å². The molecule has 1 heterocycles. The molecule has 1 aromatic rings. The number of aliphatic imine (C=N–C) groups is 1. The summed E-state index contributed by atoms with van der Waals surface area (Å²) >= 11 is 0. The van der Waals surface area contributed by atoms with Crippen LogP contribution in [0.25, 0.3) is 0 Å². The van der Waals surface area contributed by atoms with Crippen molar-refractivity contribution in [2.24, 2.45) is 16.8 Å². The molecule has 6 nitrogen and oxygen atoms in total. The molecule has 146 valence electrons. The Kier molecular flexibility index (Phi) is 7.46. The van der Waals surface area contributed by atoms with Crippen molar-refractivity contribution in [3.8, 4) is 0 Å². The monoisotopic (exact) mass is 380 g/mol. The van der Waals surface area contributed by atoms with Gasteiger partial charge in [0, 0.05) is 32.7 Å². The smallest absolute Gasteiger partial charge is 0.243 e. The molecule has 2 N–H and O–H groups in total. The quantitative estimate of drug-likeness (QED) is 0.587. The van der Waals surface area contributed by atoms with Gasteiger partial charge in [-0.2, -0.15) is 4.31 Å². The predicted octanol–water partition coefficient (Wildman–Crippen LogP) is 2.30. The zero-order valence-corrected chi connectivity index (χ0v) is 17.1. The predicted molar refractivity (Wildman–Crippen MR) is 107 cm³/mol. The lowest BCUT2D eigenvalue weighted by Gasteiger charge is -2.31. The number of guanidine groups is 1. The second-order valence-electron chi connectivity index (χ2n) is 7.29. The van der Waals surface area contributed by atoms with Gasteiger partial charge in [0.05, 0.1) is 4.90 Å². The van der Waals surface area contributed by atoms with E-state index in [9.17, 15) is 8.42 Å². The average molecular weight is 381 g/mol. The molecule has 0 amide bonds. The van der Waals surface area contributed by atoms with Crippen LogP contribution in [-0.4, -0.2) is 51.4 Å². The summed E-state index contributed by atoms with van der Waals surface area (Å²) in [5, 5.41) is 6.77. The SMILES string of the molecule is CN=C(NCC1CCN(S(=O)(=O)c2ccccc2)CC1)NC(C)C(C)C. The largest absolute Gasteiger partial charge is 0.356 e. The van der Waals surface area contributed by atoms with Gasteiger partial charge in [-0.05, 0) is 43.7 Å². The number of nitrogens with zero attached hydrogens (tertiary/aromatic N) is 2. The molecule has 1 fully saturated rings. The van der Waals surface area contributed by atoms with Gasteiger partial charge in [-0.25, -0.2) is 8.42 Å². The van der Waals surface area contributed by atoms with Gasteiger partial charge in [-0.15, -0.1) is 0 Å². The van der Waals surface area contributed by atoms with Crippen LogP contribution in [0, 0.1) is 11.8 Å². The fraction of sp³-hybridized carbons (Fsp3) is 0.632. The third kappa shape index (κ3) is 5.45. The maximum absolute atomic E-state index is 12.7. The summed E-state index contributed by atoms with van der Waals surface area (Å²) in [5.74, 6) is 1.79. The van der Waals surface area contributed by atoms with E-state index in [1.54, 1.807) is 35.6 Å². The van der Waals surface area contributed by atoms with Crippen LogP contribution in [0.5, 0.6) is 0 Å². The molecule has 0 radical (unpaired) electrons. The van der Waals surface area contributed by atoms with Crippen molar-refractivity contribution in [2.45, 2.75) is 44.6 Å². The third-order valence-electron chi connectivity index (χ3n) is 5.10. The van der Waals surface area contributed by atoms with Crippen LogP contribution in [0.3, 0.4) is 0 Å². The molecule has 26 heavy (non-hydrogen) atoms. The van der Waals surface area contributed by atoms with E-state index in [4.69, 9.17) is 0 Å². The van der Waals surface area contributed by atoms with Gasteiger partial charge in [0.25, 0.3) is 0 Å². The average Bonchev–Trinajstić information content (AvgIpc) is 2.65. The number of piperidine rings is 1. The van der Waals surface area contributed by atoms with Crippen molar-refractivity contribution < 1.29 is 8.42 Å². The van der Waals surface area contributed by atoms with Gasteiger partial charge < -0.3 is 10.6 Å². The summed E-state index contributed by atoms with van der Waals surface area (Å²) in [6, 6.07) is 9.03. The Hall–Kier alpha value is -1.60. The highest BCUT2D eigenvalue weighted by Crippen LogP contribution is 2.23. The zero-order chi connectivity index (χ0) is 19.2.